The van der Waals surface area contributed by atoms with Crippen molar-refractivity contribution in [2.24, 2.45) is 0 Å². The van der Waals surface area contributed by atoms with Crippen LogP contribution in [0.2, 0.25) is 0 Å². The Morgan fingerprint density at radius 3 is 2.78 bits per heavy atom. The first kappa shape index (κ1) is 17.0. The number of methoxy groups -OCH3 is 2. The van der Waals surface area contributed by atoms with Crippen molar-refractivity contribution < 1.29 is 14.3 Å². The summed E-state index contributed by atoms with van der Waals surface area (Å²) < 4.78 is 10.5. The van der Waals surface area contributed by atoms with Gasteiger partial charge in [0.25, 0.3) is 5.88 Å². The van der Waals surface area contributed by atoms with Crippen LogP contribution < -0.4 is 14.4 Å². The Hall–Kier alpha value is -3.42. The van der Waals surface area contributed by atoms with Crippen LogP contribution in [0.25, 0.3) is 11.3 Å². The van der Waals surface area contributed by atoms with E-state index in [0.717, 1.165) is 40.1 Å². The number of hydrogen-bond acceptors (Lipinski definition) is 7. The number of pyridine rings is 2. The van der Waals surface area contributed by atoms with E-state index in [4.69, 9.17) is 14.5 Å². The lowest BCUT2D eigenvalue weighted by atomic mass is 10.0. The SMILES string of the molecule is COc1cc(-c2cc(C)c3c(n2)CN(c2cn[nH]c2)C3C=O)cnc1OC. The van der Waals surface area contributed by atoms with Crippen molar-refractivity contribution in [3.63, 3.8) is 0 Å². The minimum Gasteiger partial charge on any atom is -0.491 e. The number of aromatic nitrogens is 4. The number of rotatable bonds is 5. The van der Waals surface area contributed by atoms with Gasteiger partial charge in [-0.15, -0.1) is 0 Å². The van der Waals surface area contributed by atoms with E-state index in [1.807, 2.05) is 24.0 Å². The van der Waals surface area contributed by atoms with E-state index in [9.17, 15) is 4.79 Å². The Balaban J connectivity index is 1.77. The molecule has 4 heterocycles. The zero-order chi connectivity index (χ0) is 19.0. The average Bonchev–Trinajstić information content (AvgIpc) is 3.34. The molecule has 1 aliphatic heterocycles. The maximum Gasteiger partial charge on any atom is 0.256 e. The predicted octanol–water partition coefficient (Wildman–Crippen LogP) is 2.45. The molecule has 0 aliphatic carbocycles. The van der Waals surface area contributed by atoms with Crippen LogP contribution in [0.15, 0.2) is 30.7 Å². The topological polar surface area (TPSA) is 93.2 Å². The van der Waals surface area contributed by atoms with Crippen molar-refractivity contribution in [1.29, 1.82) is 0 Å². The van der Waals surface area contributed by atoms with E-state index in [2.05, 4.69) is 15.2 Å². The fraction of sp³-hybridized carbons (Fsp3) is 0.263. The van der Waals surface area contributed by atoms with Crippen molar-refractivity contribution in [1.82, 2.24) is 20.2 Å². The second-order valence-electron chi connectivity index (χ2n) is 6.29. The summed E-state index contributed by atoms with van der Waals surface area (Å²) in [7, 11) is 3.12. The molecule has 0 saturated carbocycles. The van der Waals surface area contributed by atoms with E-state index in [1.165, 1.54) is 0 Å². The fourth-order valence-electron chi connectivity index (χ4n) is 3.50. The van der Waals surface area contributed by atoms with Crippen molar-refractivity contribution in [3.05, 3.63) is 47.5 Å². The summed E-state index contributed by atoms with van der Waals surface area (Å²) in [6, 6.07) is 3.44. The molecule has 1 aliphatic rings. The average molecular weight is 365 g/mol. The van der Waals surface area contributed by atoms with Crippen LogP contribution in [0.5, 0.6) is 11.6 Å². The monoisotopic (exact) mass is 365 g/mol. The molecule has 0 bridgehead atoms. The number of carbonyl (C=O) groups is 1. The Kier molecular flexibility index (Phi) is 4.23. The van der Waals surface area contributed by atoms with Gasteiger partial charge in [0.05, 0.1) is 44.0 Å². The molecule has 3 aromatic heterocycles. The zero-order valence-electron chi connectivity index (χ0n) is 15.3. The fourth-order valence-corrected chi connectivity index (χ4v) is 3.50. The van der Waals surface area contributed by atoms with Gasteiger partial charge in [0.2, 0.25) is 0 Å². The van der Waals surface area contributed by atoms with E-state index in [-0.39, 0.29) is 6.04 Å². The summed E-state index contributed by atoms with van der Waals surface area (Å²) in [6.07, 6.45) is 6.13. The number of aldehydes is 1. The van der Waals surface area contributed by atoms with Gasteiger partial charge in [-0.1, -0.05) is 0 Å². The number of hydrogen-bond donors (Lipinski definition) is 1. The highest BCUT2D eigenvalue weighted by Gasteiger charge is 2.33. The molecule has 1 N–H and O–H groups in total. The van der Waals surface area contributed by atoms with E-state index in [0.29, 0.717) is 18.2 Å². The molecule has 0 radical (unpaired) electrons. The van der Waals surface area contributed by atoms with Crippen LogP contribution in [0.1, 0.15) is 22.9 Å². The smallest absolute Gasteiger partial charge is 0.256 e. The molecule has 3 aromatic rings. The van der Waals surface area contributed by atoms with Gasteiger partial charge >= 0.3 is 0 Å². The highest BCUT2D eigenvalue weighted by Crippen LogP contribution is 2.39. The van der Waals surface area contributed by atoms with Crippen LogP contribution in [0.4, 0.5) is 5.69 Å². The van der Waals surface area contributed by atoms with Crippen LogP contribution in [0.3, 0.4) is 0 Å². The van der Waals surface area contributed by atoms with Crippen LogP contribution in [-0.2, 0) is 11.3 Å². The molecule has 27 heavy (non-hydrogen) atoms. The van der Waals surface area contributed by atoms with Gasteiger partial charge in [-0.05, 0) is 24.6 Å². The summed E-state index contributed by atoms with van der Waals surface area (Å²) in [5.41, 5.74) is 5.29. The van der Waals surface area contributed by atoms with E-state index >= 15 is 0 Å². The van der Waals surface area contributed by atoms with E-state index < -0.39 is 0 Å². The lowest BCUT2D eigenvalue weighted by Gasteiger charge is -2.20. The molecule has 1 unspecified atom stereocenters. The van der Waals surface area contributed by atoms with Gasteiger partial charge in [0.15, 0.2) is 5.75 Å². The molecule has 0 aromatic carbocycles. The zero-order valence-corrected chi connectivity index (χ0v) is 15.3. The number of aryl methyl sites for hydroxylation is 1. The number of ether oxygens (including phenoxy) is 2. The van der Waals surface area contributed by atoms with Crippen molar-refractivity contribution in [2.75, 3.05) is 19.1 Å². The summed E-state index contributed by atoms with van der Waals surface area (Å²) in [4.78, 5) is 22.9. The van der Waals surface area contributed by atoms with Gasteiger partial charge in [-0.3, -0.25) is 10.1 Å². The highest BCUT2D eigenvalue weighted by atomic mass is 16.5. The van der Waals surface area contributed by atoms with Crippen LogP contribution in [0, 0.1) is 6.92 Å². The molecular weight excluding hydrogens is 346 g/mol. The summed E-state index contributed by atoms with van der Waals surface area (Å²) in [5.74, 6) is 0.965. The Bertz CT molecular complexity index is 987. The summed E-state index contributed by atoms with van der Waals surface area (Å²) >= 11 is 0. The van der Waals surface area contributed by atoms with Crippen LogP contribution in [-0.4, -0.2) is 40.7 Å². The number of H-pyrrole nitrogens is 1. The van der Waals surface area contributed by atoms with Gasteiger partial charge < -0.3 is 19.2 Å². The number of anilines is 1. The molecular formula is C19H19N5O3. The third-order valence-electron chi connectivity index (χ3n) is 4.77. The minimum atomic E-state index is -0.373. The third-order valence-corrected chi connectivity index (χ3v) is 4.77. The maximum atomic E-state index is 11.8. The van der Waals surface area contributed by atoms with Gasteiger partial charge in [-0.2, -0.15) is 5.10 Å². The standard InChI is InChI=1S/C19H19N5O3/c1-11-4-14(12-5-17(26-2)19(27-3)20-6-12)23-15-9-24(13-7-21-22-8-13)16(10-25)18(11)15/h4-8,10,16H,9H2,1-3H3,(H,21,22). The third kappa shape index (κ3) is 2.79. The number of nitrogens with one attached hydrogen (secondary N) is 1. The first-order valence-electron chi connectivity index (χ1n) is 8.45. The lowest BCUT2D eigenvalue weighted by Crippen LogP contribution is -2.22. The number of nitrogens with zero attached hydrogens (tertiary/aromatic N) is 4. The Morgan fingerprint density at radius 1 is 1.26 bits per heavy atom. The minimum absolute atomic E-state index is 0.373. The predicted molar refractivity (Wildman–Crippen MR) is 98.9 cm³/mol. The number of carbonyl (C=O) groups excluding carboxylic acids is 1. The molecule has 138 valence electrons. The lowest BCUT2D eigenvalue weighted by molar-refractivity contribution is -0.109. The Labute approximate surface area is 156 Å². The molecule has 8 heteroatoms. The van der Waals surface area contributed by atoms with Crippen molar-refractivity contribution >= 4 is 12.0 Å². The normalized spacial score (nSPS) is 15.5. The molecule has 4 rings (SSSR count). The van der Waals surface area contributed by atoms with Crippen LogP contribution >= 0.6 is 0 Å². The van der Waals surface area contributed by atoms with Gasteiger partial charge in [-0.25, -0.2) is 4.98 Å². The number of aromatic amines is 1. The first-order chi connectivity index (χ1) is 13.2. The molecule has 8 nitrogen and oxygen atoms in total. The Morgan fingerprint density at radius 2 is 2.11 bits per heavy atom. The molecule has 0 spiro atoms. The largest absolute Gasteiger partial charge is 0.491 e. The summed E-state index contributed by atoms with van der Waals surface area (Å²) in [5, 5.41) is 6.78. The summed E-state index contributed by atoms with van der Waals surface area (Å²) in [6.45, 7) is 2.53. The molecule has 0 amide bonds. The quantitative estimate of drug-likeness (QED) is 0.694. The van der Waals surface area contributed by atoms with Crippen molar-refractivity contribution in [3.8, 4) is 22.9 Å². The van der Waals surface area contributed by atoms with Gasteiger partial charge in [0.1, 0.15) is 12.3 Å². The second-order valence-corrected chi connectivity index (χ2v) is 6.29. The van der Waals surface area contributed by atoms with E-state index in [1.54, 1.807) is 32.8 Å². The maximum absolute atomic E-state index is 11.8. The first-order valence-corrected chi connectivity index (χ1v) is 8.45. The molecule has 0 saturated heterocycles. The van der Waals surface area contributed by atoms with Gasteiger partial charge in [0, 0.05) is 23.5 Å². The van der Waals surface area contributed by atoms with Crippen molar-refractivity contribution in [2.45, 2.75) is 19.5 Å². The second kappa shape index (κ2) is 6.71. The molecule has 1 atom stereocenters. The highest BCUT2D eigenvalue weighted by molar-refractivity contribution is 5.74. The number of fused-ring (bicyclic) bond motifs is 1. The molecule has 0 fully saturated rings.